The molecular formula is C44H62Cl2N6O5S. The highest BCUT2D eigenvalue weighted by Crippen LogP contribution is 2.37. The number of phenolic OH excluding ortho intramolecular Hbond substituents is 1. The number of anilines is 2. The molecule has 1 heterocycles. The van der Waals surface area contributed by atoms with E-state index in [4.69, 9.17) is 27.9 Å². The van der Waals surface area contributed by atoms with Gasteiger partial charge < -0.3 is 15.2 Å². The van der Waals surface area contributed by atoms with E-state index in [-0.39, 0.29) is 27.2 Å². The minimum Gasteiger partial charge on any atom is -0.508 e. The summed E-state index contributed by atoms with van der Waals surface area (Å²) in [5.41, 5.74) is 2.30. The second-order valence-electron chi connectivity index (χ2n) is 15.1. The summed E-state index contributed by atoms with van der Waals surface area (Å²) >= 11 is 12.8. The Morgan fingerprint density at radius 3 is 2.03 bits per heavy atom. The van der Waals surface area contributed by atoms with E-state index in [1.807, 2.05) is 6.92 Å². The SMILES string of the molecule is CCCCCCCCCCCCCCCCCCN(C)S(=O)(=O)c1ccc(OC)c(NC2=NN(c3c(C)cc(Cl)cc3Cl)C(=O)C2/N=N/c2ccc(O)c(CC)c2)c1. The summed E-state index contributed by atoms with van der Waals surface area (Å²) in [5, 5.41) is 28.3. The number of aryl methyl sites for hydroxylation is 2. The Hall–Kier alpha value is -3.71. The van der Waals surface area contributed by atoms with Gasteiger partial charge in [0, 0.05) is 18.6 Å². The summed E-state index contributed by atoms with van der Waals surface area (Å²) in [5.74, 6) is -0.00756. The number of aromatic hydroxyl groups is 1. The van der Waals surface area contributed by atoms with Gasteiger partial charge >= 0.3 is 0 Å². The maximum absolute atomic E-state index is 14.0. The van der Waals surface area contributed by atoms with Gasteiger partial charge in [0.1, 0.15) is 11.5 Å². The number of methoxy groups -OCH3 is 1. The Morgan fingerprint density at radius 2 is 1.47 bits per heavy atom. The van der Waals surface area contributed by atoms with Crippen LogP contribution in [0.2, 0.25) is 10.0 Å². The van der Waals surface area contributed by atoms with Crippen molar-refractivity contribution in [3.05, 3.63) is 69.7 Å². The van der Waals surface area contributed by atoms with Gasteiger partial charge in [-0.25, -0.2) is 12.7 Å². The molecule has 1 unspecified atom stereocenters. The van der Waals surface area contributed by atoms with Crippen LogP contribution in [0.3, 0.4) is 0 Å². The molecule has 14 heteroatoms. The van der Waals surface area contributed by atoms with Crippen molar-refractivity contribution in [1.82, 2.24) is 4.31 Å². The number of ether oxygens (including phenoxy) is 1. The van der Waals surface area contributed by atoms with Crippen molar-refractivity contribution in [1.29, 1.82) is 0 Å². The van der Waals surface area contributed by atoms with E-state index in [1.165, 1.54) is 119 Å². The van der Waals surface area contributed by atoms with Gasteiger partial charge in [-0.2, -0.15) is 15.2 Å². The number of amidine groups is 1. The van der Waals surface area contributed by atoms with Crippen molar-refractivity contribution in [3.63, 3.8) is 0 Å². The Balaban J connectivity index is 1.39. The number of halogens is 2. The third kappa shape index (κ3) is 13.4. The molecule has 3 aromatic rings. The molecule has 0 saturated carbocycles. The Bertz CT molecular complexity index is 1950. The third-order valence-corrected chi connectivity index (χ3v) is 12.9. The molecule has 2 N–H and O–H groups in total. The van der Waals surface area contributed by atoms with E-state index in [0.29, 0.717) is 46.2 Å². The molecule has 0 spiro atoms. The highest BCUT2D eigenvalue weighted by atomic mass is 35.5. The topological polar surface area (TPSA) is 136 Å². The maximum atomic E-state index is 14.0. The number of benzene rings is 3. The fraction of sp³-hybridized carbons (Fsp3) is 0.545. The number of hydrazone groups is 1. The molecule has 1 amide bonds. The van der Waals surface area contributed by atoms with E-state index in [9.17, 15) is 18.3 Å². The number of rotatable bonds is 25. The van der Waals surface area contributed by atoms with Crippen LogP contribution in [0.5, 0.6) is 11.5 Å². The number of sulfonamides is 1. The van der Waals surface area contributed by atoms with Gasteiger partial charge in [-0.1, -0.05) is 133 Å². The number of azo groups is 1. The fourth-order valence-corrected chi connectivity index (χ4v) is 8.98. The van der Waals surface area contributed by atoms with Crippen LogP contribution >= 0.6 is 23.2 Å². The fourth-order valence-electron chi connectivity index (χ4n) is 7.07. The summed E-state index contributed by atoms with van der Waals surface area (Å²) in [6.07, 6.45) is 20.6. The number of nitrogens with zero attached hydrogens (tertiary/aromatic N) is 5. The van der Waals surface area contributed by atoms with E-state index >= 15 is 0 Å². The van der Waals surface area contributed by atoms with E-state index in [1.54, 1.807) is 38.2 Å². The normalized spacial score (nSPS) is 14.6. The summed E-state index contributed by atoms with van der Waals surface area (Å²) < 4.78 is 34.6. The van der Waals surface area contributed by atoms with Crippen molar-refractivity contribution in [2.24, 2.45) is 15.3 Å². The largest absolute Gasteiger partial charge is 0.508 e. The van der Waals surface area contributed by atoms with Crippen LogP contribution < -0.4 is 15.1 Å². The lowest BCUT2D eigenvalue weighted by atomic mass is 10.0. The Labute approximate surface area is 356 Å². The van der Waals surface area contributed by atoms with Gasteiger partial charge in [0.2, 0.25) is 16.1 Å². The first-order valence-corrected chi connectivity index (χ1v) is 23.1. The Kier molecular flexibility index (Phi) is 19.3. The Morgan fingerprint density at radius 1 is 0.862 bits per heavy atom. The number of nitrogens with one attached hydrogen (secondary N) is 1. The van der Waals surface area contributed by atoms with Crippen LogP contribution in [0.25, 0.3) is 0 Å². The monoisotopic (exact) mass is 856 g/mol. The number of hydrogen-bond donors (Lipinski definition) is 2. The summed E-state index contributed by atoms with van der Waals surface area (Å²) in [7, 11) is -0.799. The first-order chi connectivity index (χ1) is 27.9. The molecule has 1 atom stereocenters. The number of carbonyl (C=O) groups excluding carboxylic acids is 1. The number of carbonyl (C=O) groups is 1. The van der Waals surface area contributed by atoms with Crippen molar-refractivity contribution in [2.45, 2.75) is 141 Å². The molecule has 11 nitrogen and oxygen atoms in total. The zero-order valence-corrected chi connectivity index (χ0v) is 37.2. The smallest absolute Gasteiger partial charge is 0.282 e. The number of hydrogen-bond acceptors (Lipinski definition) is 9. The molecule has 3 aromatic carbocycles. The molecular weight excluding hydrogens is 795 g/mol. The van der Waals surface area contributed by atoms with Gasteiger partial charge in [0.05, 0.1) is 34.1 Å². The van der Waals surface area contributed by atoms with Crippen molar-refractivity contribution in [2.75, 3.05) is 31.0 Å². The minimum atomic E-state index is -3.86. The first-order valence-electron chi connectivity index (χ1n) is 20.9. The van der Waals surface area contributed by atoms with Crippen molar-refractivity contribution in [3.8, 4) is 11.5 Å². The van der Waals surface area contributed by atoms with Crippen LogP contribution in [-0.2, 0) is 21.2 Å². The molecule has 4 rings (SSSR count). The molecule has 0 saturated heterocycles. The molecule has 0 aliphatic carbocycles. The number of phenols is 1. The quantitative estimate of drug-likeness (QED) is 0.0643. The second kappa shape index (κ2) is 23.8. The van der Waals surface area contributed by atoms with Crippen molar-refractivity contribution >= 4 is 62.0 Å². The predicted octanol–water partition coefficient (Wildman–Crippen LogP) is 12.4. The highest BCUT2D eigenvalue weighted by Gasteiger charge is 2.39. The zero-order valence-electron chi connectivity index (χ0n) is 34.9. The molecule has 0 fully saturated rings. The lowest BCUT2D eigenvalue weighted by Crippen LogP contribution is -2.33. The minimum absolute atomic E-state index is 0.0579. The molecule has 318 valence electrons. The lowest BCUT2D eigenvalue weighted by Gasteiger charge is -2.19. The molecule has 0 bridgehead atoms. The number of unbranched alkanes of at least 4 members (excludes halogenated alkanes) is 15. The van der Waals surface area contributed by atoms with E-state index in [0.717, 1.165) is 24.3 Å². The van der Waals surface area contributed by atoms with Gasteiger partial charge in [-0.15, -0.1) is 5.10 Å². The van der Waals surface area contributed by atoms with Gasteiger partial charge in [-0.05, 0) is 79.4 Å². The van der Waals surface area contributed by atoms with Crippen LogP contribution in [0.4, 0.5) is 17.1 Å². The van der Waals surface area contributed by atoms with E-state index in [2.05, 4.69) is 27.6 Å². The average Bonchev–Trinajstić information content (AvgIpc) is 3.49. The molecule has 0 aromatic heterocycles. The van der Waals surface area contributed by atoms with Crippen LogP contribution in [-0.4, -0.2) is 56.3 Å². The third-order valence-electron chi connectivity index (χ3n) is 10.5. The maximum Gasteiger partial charge on any atom is 0.282 e. The molecule has 0 radical (unpaired) electrons. The zero-order chi connectivity index (χ0) is 42.1. The summed E-state index contributed by atoms with van der Waals surface area (Å²) in [6.45, 7) is 6.32. The first kappa shape index (κ1) is 47.0. The molecule has 58 heavy (non-hydrogen) atoms. The lowest BCUT2D eigenvalue weighted by molar-refractivity contribution is -0.117. The standard InChI is InChI=1S/C44H62Cl2N6O5S/c1-6-8-9-10-11-12-13-14-15-16-17-18-19-20-21-22-27-51(4)58(55,56)36-24-26-40(57-5)38(31-36)47-43-41(49-48-35-23-25-39(53)33(7-2)29-35)44(54)52(50-43)42-32(3)28-34(45)30-37(42)46/h23-26,28-31,41,53H,6-22,27H2,1-5H3,(H,47,50)/b49-48+. The predicted molar refractivity (Wildman–Crippen MR) is 238 cm³/mol. The van der Waals surface area contributed by atoms with Gasteiger partial charge in [-0.3, -0.25) is 4.79 Å². The number of amides is 1. The van der Waals surface area contributed by atoms with Crippen molar-refractivity contribution < 1.29 is 23.1 Å². The average molecular weight is 858 g/mol. The molecule has 1 aliphatic rings. The van der Waals surface area contributed by atoms with Crippen LogP contribution in [0, 0.1) is 6.92 Å². The molecule has 1 aliphatic heterocycles. The summed E-state index contributed by atoms with van der Waals surface area (Å²) in [4.78, 5) is 14.1. The van der Waals surface area contributed by atoms with Crippen LogP contribution in [0.15, 0.2) is 68.8 Å². The highest BCUT2D eigenvalue weighted by molar-refractivity contribution is 7.89. The van der Waals surface area contributed by atoms with E-state index < -0.39 is 22.0 Å². The second-order valence-corrected chi connectivity index (χ2v) is 18.0. The summed E-state index contributed by atoms with van der Waals surface area (Å²) in [6, 6.07) is 11.3. The van der Waals surface area contributed by atoms with Gasteiger partial charge in [0.15, 0.2) is 5.84 Å². The van der Waals surface area contributed by atoms with Gasteiger partial charge in [0.25, 0.3) is 5.91 Å². The van der Waals surface area contributed by atoms with Crippen LogP contribution in [0.1, 0.15) is 128 Å².